The van der Waals surface area contributed by atoms with Crippen molar-refractivity contribution in [2.24, 2.45) is 0 Å². The van der Waals surface area contributed by atoms with Gasteiger partial charge in [0, 0.05) is 25.6 Å². The van der Waals surface area contributed by atoms with E-state index in [-0.39, 0.29) is 29.8 Å². The van der Waals surface area contributed by atoms with Crippen molar-refractivity contribution in [3.05, 3.63) is 66.2 Å². The molecule has 0 aliphatic carbocycles. The third-order valence-corrected chi connectivity index (χ3v) is 5.30. The smallest absolute Gasteiger partial charge is 0.240 e. The number of rotatable bonds is 8. The minimum Gasteiger partial charge on any atom is -0.336 e. The summed E-state index contributed by atoms with van der Waals surface area (Å²) in [5.41, 5.74) is 1.05. The molecule has 0 saturated carbocycles. The van der Waals surface area contributed by atoms with Gasteiger partial charge in [0.25, 0.3) is 0 Å². The summed E-state index contributed by atoms with van der Waals surface area (Å²) in [7, 11) is -3.58. The molecule has 0 bridgehead atoms. The molecule has 134 valence electrons. The lowest BCUT2D eigenvalue weighted by atomic mass is 10.2. The van der Waals surface area contributed by atoms with E-state index in [2.05, 4.69) is 4.72 Å². The van der Waals surface area contributed by atoms with Crippen molar-refractivity contribution < 1.29 is 13.2 Å². The molecule has 2 rings (SSSR count). The largest absolute Gasteiger partial charge is 0.336 e. The first kappa shape index (κ1) is 19.1. The van der Waals surface area contributed by atoms with Gasteiger partial charge < -0.3 is 4.90 Å². The molecule has 2 aromatic rings. The van der Waals surface area contributed by atoms with E-state index in [1.807, 2.05) is 44.2 Å². The Hall–Kier alpha value is -2.18. The number of hydrogen-bond donors (Lipinski definition) is 1. The lowest BCUT2D eigenvalue weighted by Crippen LogP contribution is -2.38. The van der Waals surface area contributed by atoms with Gasteiger partial charge in [-0.15, -0.1) is 0 Å². The van der Waals surface area contributed by atoms with E-state index in [1.54, 1.807) is 23.1 Å². The first-order valence-corrected chi connectivity index (χ1v) is 9.76. The van der Waals surface area contributed by atoms with Gasteiger partial charge in [-0.05, 0) is 31.5 Å². The highest BCUT2D eigenvalue weighted by Crippen LogP contribution is 2.11. The van der Waals surface area contributed by atoms with Crippen molar-refractivity contribution in [3.8, 4) is 0 Å². The van der Waals surface area contributed by atoms with Crippen molar-refractivity contribution in [3.63, 3.8) is 0 Å². The van der Waals surface area contributed by atoms with Crippen LogP contribution >= 0.6 is 0 Å². The first-order chi connectivity index (χ1) is 11.9. The Morgan fingerprint density at radius 3 is 2.12 bits per heavy atom. The summed E-state index contributed by atoms with van der Waals surface area (Å²) < 4.78 is 26.8. The van der Waals surface area contributed by atoms with Gasteiger partial charge in [0.1, 0.15) is 0 Å². The van der Waals surface area contributed by atoms with Crippen molar-refractivity contribution in [1.82, 2.24) is 9.62 Å². The second-order valence-corrected chi connectivity index (χ2v) is 7.83. The van der Waals surface area contributed by atoms with E-state index < -0.39 is 10.0 Å². The molecule has 0 saturated heterocycles. The number of nitrogens with one attached hydrogen (secondary N) is 1. The Labute approximate surface area is 149 Å². The summed E-state index contributed by atoms with van der Waals surface area (Å²) in [5.74, 6) is -0.0744. The molecule has 25 heavy (non-hydrogen) atoms. The van der Waals surface area contributed by atoms with Crippen LogP contribution in [0, 0.1) is 0 Å². The van der Waals surface area contributed by atoms with Crippen LogP contribution in [0.4, 0.5) is 0 Å². The minimum atomic E-state index is -3.58. The zero-order chi connectivity index (χ0) is 18.3. The zero-order valence-corrected chi connectivity index (χ0v) is 15.4. The summed E-state index contributed by atoms with van der Waals surface area (Å²) in [4.78, 5) is 14.5. The summed E-state index contributed by atoms with van der Waals surface area (Å²) >= 11 is 0. The highest BCUT2D eigenvalue weighted by Gasteiger charge is 2.19. The van der Waals surface area contributed by atoms with E-state index in [4.69, 9.17) is 0 Å². The van der Waals surface area contributed by atoms with Crippen LogP contribution in [0.15, 0.2) is 65.6 Å². The van der Waals surface area contributed by atoms with Gasteiger partial charge in [-0.1, -0.05) is 48.5 Å². The van der Waals surface area contributed by atoms with Gasteiger partial charge in [-0.2, -0.15) is 0 Å². The lowest BCUT2D eigenvalue weighted by Gasteiger charge is -2.27. The number of benzene rings is 2. The normalized spacial score (nSPS) is 11.5. The average molecular weight is 360 g/mol. The highest BCUT2D eigenvalue weighted by atomic mass is 32.2. The van der Waals surface area contributed by atoms with Crippen LogP contribution < -0.4 is 4.72 Å². The molecule has 6 heteroatoms. The molecule has 0 aromatic heterocycles. The molecule has 0 fully saturated rings. The number of carbonyl (C=O) groups excluding carboxylic acids is 1. The van der Waals surface area contributed by atoms with Crippen molar-refractivity contribution in [1.29, 1.82) is 0 Å². The molecule has 0 atom stereocenters. The molecule has 5 nitrogen and oxygen atoms in total. The molecule has 1 amide bonds. The quantitative estimate of drug-likeness (QED) is 0.787. The van der Waals surface area contributed by atoms with E-state index in [0.717, 1.165) is 5.56 Å². The third kappa shape index (κ3) is 5.69. The molecule has 1 N–H and O–H groups in total. The fourth-order valence-electron chi connectivity index (χ4n) is 2.46. The van der Waals surface area contributed by atoms with Gasteiger partial charge in [0.05, 0.1) is 4.90 Å². The Bertz CT molecular complexity index is 775. The molecular weight excluding hydrogens is 336 g/mol. The Morgan fingerprint density at radius 2 is 1.56 bits per heavy atom. The van der Waals surface area contributed by atoms with Crippen LogP contribution in [0.2, 0.25) is 0 Å². The summed E-state index contributed by atoms with van der Waals surface area (Å²) in [6.07, 6.45) is 0.122. The molecule has 0 spiro atoms. The maximum Gasteiger partial charge on any atom is 0.240 e. The van der Waals surface area contributed by atoms with Crippen molar-refractivity contribution in [2.75, 3.05) is 6.54 Å². The van der Waals surface area contributed by atoms with Crippen molar-refractivity contribution in [2.45, 2.75) is 37.8 Å². The van der Waals surface area contributed by atoms with E-state index in [0.29, 0.717) is 6.54 Å². The summed E-state index contributed by atoms with van der Waals surface area (Å²) in [5, 5.41) is 0. The number of hydrogen-bond acceptors (Lipinski definition) is 3. The van der Waals surface area contributed by atoms with E-state index in [1.165, 1.54) is 12.1 Å². The number of carbonyl (C=O) groups is 1. The first-order valence-electron chi connectivity index (χ1n) is 8.28. The van der Waals surface area contributed by atoms with Crippen LogP contribution in [0.5, 0.6) is 0 Å². The molecule has 0 aliphatic heterocycles. The number of nitrogens with zero attached hydrogens (tertiary/aromatic N) is 1. The maximum absolute atomic E-state index is 12.5. The van der Waals surface area contributed by atoms with E-state index >= 15 is 0 Å². The van der Waals surface area contributed by atoms with Gasteiger partial charge >= 0.3 is 0 Å². The zero-order valence-electron chi connectivity index (χ0n) is 14.6. The molecule has 0 heterocycles. The molecule has 0 radical (unpaired) electrons. The van der Waals surface area contributed by atoms with E-state index in [9.17, 15) is 13.2 Å². The fraction of sp³-hybridized carbons (Fsp3) is 0.316. The predicted octanol–water partition coefficient (Wildman–Crippen LogP) is 2.79. The topological polar surface area (TPSA) is 66.5 Å². The van der Waals surface area contributed by atoms with Gasteiger partial charge in [-0.25, -0.2) is 13.1 Å². The third-order valence-electron chi connectivity index (χ3n) is 3.82. The Morgan fingerprint density at radius 1 is 1.00 bits per heavy atom. The molecular formula is C19H24N2O3S. The summed E-state index contributed by atoms with van der Waals surface area (Å²) in [6, 6.07) is 17.9. The van der Waals surface area contributed by atoms with Crippen LogP contribution in [0.3, 0.4) is 0 Å². The minimum absolute atomic E-state index is 0.0402. The predicted molar refractivity (Wildman–Crippen MR) is 98.4 cm³/mol. The van der Waals surface area contributed by atoms with Gasteiger partial charge in [-0.3, -0.25) is 4.79 Å². The summed E-state index contributed by atoms with van der Waals surface area (Å²) in [6.45, 7) is 4.50. The monoisotopic (exact) mass is 360 g/mol. The lowest BCUT2D eigenvalue weighted by molar-refractivity contribution is -0.133. The van der Waals surface area contributed by atoms with Crippen molar-refractivity contribution >= 4 is 15.9 Å². The fourth-order valence-corrected chi connectivity index (χ4v) is 3.51. The second-order valence-electron chi connectivity index (χ2n) is 6.06. The van der Waals surface area contributed by atoms with Crippen LogP contribution in [0.25, 0.3) is 0 Å². The SMILES string of the molecule is CC(C)N(Cc1ccccc1)C(=O)CCNS(=O)(=O)c1ccccc1. The molecule has 0 unspecified atom stereocenters. The average Bonchev–Trinajstić information content (AvgIpc) is 2.61. The van der Waals surface area contributed by atoms with Crippen LogP contribution in [-0.4, -0.2) is 31.8 Å². The Kier molecular flexibility index (Phi) is 6.73. The molecule has 0 aliphatic rings. The van der Waals surface area contributed by atoms with Gasteiger partial charge in [0.2, 0.25) is 15.9 Å². The van der Waals surface area contributed by atoms with Crippen LogP contribution in [0.1, 0.15) is 25.8 Å². The Balaban J connectivity index is 1.93. The number of sulfonamides is 1. The highest BCUT2D eigenvalue weighted by molar-refractivity contribution is 7.89. The standard InChI is InChI=1S/C19H24N2O3S/c1-16(2)21(15-17-9-5-3-6-10-17)19(22)13-14-20-25(23,24)18-11-7-4-8-12-18/h3-12,16,20H,13-15H2,1-2H3. The second kappa shape index (κ2) is 8.78. The maximum atomic E-state index is 12.5. The van der Waals surface area contributed by atoms with Gasteiger partial charge in [0.15, 0.2) is 0 Å². The van der Waals surface area contributed by atoms with Crippen LogP contribution in [-0.2, 0) is 21.4 Å². The number of amides is 1. The molecule has 2 aromatic carbocycles.